The van der Waals surface area contributed by atoms with Crippen molar-refractivity contribution in [3.05, 3.63) is 83.1 Å². The van der Waals surface area contributed by atoms with Crippen molar-refractivity contribution in [2.75, 3.05) is 11.8 Å². The molecule has 0 bridgehead atoms. The first-order valence-electron chi connectivity index (χ1n) is 8.78. The normalized spacial score (nSPS) is 10.8. The van der Waals surface area contributed by atoms with Gasteiger partial charge in [0.25, 0.3) is 21.8 Å². The van der Waals surface area contributed by atoms with Crippen LogP contribution >= 0.6 is 11.6 Å². The Bertz CT molecular complexity index is 1220. The molecule has 3 rings (SSSR count). The number of ether oxygens (including phenoxy) is 1. The fraction of sp³-hybridized carbons (Fsp3) is 0.0500. The van der Waals surface area contributed by atoms with Crippen molar-refractivity contribution in [1.82, 2.24) is 15.8 Å². The molecule has 3 N–H and O–H groups in total. The van der Waals surface area contributed by atoms with E-state index >= 15 is 0 Å². The molecule has 0 unspecified atom stereocenters. The van der Waals surface area contributed by atoms with Crippen LogP contribution in [0.4, 0.5) is 5.69 Å². The summed E-state index contributed by atoms with van der Waals surface area (Å²) in [6, 6.07) is 13.1. The molecular formula is C20H17ClN4O5S. The lowest BCUT2D eigenvalue weighted by molar-refractivity contribution is 0.0846. The van der Waals surface area contributed by atoms with Gasteiger partial charge < -0.3 is 4.74 Å². The van der Waals surface area contributed by atoms with Gasteiger partial charge in [-0.3, -0.25) is 30.1 Å². The summed E-state index contributed by atoms with van der Waals surface area (Å²) in [6.45, 7) is 0. The summed E-state index contributed by atoms with van der Waals surface area (Å²) in [5.74, 6) is -0.974. The SMILES string of the molecule is COc1ccccc1NS(=O)(=O)c1cc(C(=O)NNC(=O)c2ccncc2)ccc1Cl. The Balaban J connectivity index is 1.79. The summed E-state index contributed by atoms with van der Waals surface area (Å²) in [7, 11) is -2.74. The summed E-state index contributed by atoms with van der Waals surface area (Å²) in [6.07, 6.45) is 2.86. The average Bonchev–Trinajstić information content (AvgIpc) is 2.78. The van der Waals surface area contributed by atoms with Crippen molar-refractivity contribution in [2.24, 2.45) is 0 Å². The maximum atomic E-state index is 12.9. The summed E-state index contributed by atoms with van der Waals surface area (Å²) in [4.78, 5) is 27.9. The molecule has 0 fully saturated rings. The van der Waals surface area contributed by atoms with Crippen LogP contribution < -0.4 is 20.3 Å². The Kier molecular flexibility index (Phi) is 6.73. The zero-order valence-corrected chi connectivity index (χ0v) is 17.7. The number of nitrogens with zero attached hydrogens (tertiary/aromatic N) is 1. The number of anilines is 1. The number of halogens is 1. The lowest BCUT2D eigenvalue weighted by Gasteiger charge is -2.13. The largest absolute Gasteiger partial charge is 0.495 e. The maximum absolute atomic E-state index is 12.9. The van der Waals surface area contributed by atoms with E-state index in [1.54, 1.807) is 18.2 Å². The van der Waals surface area contributed by atoms with Crippen molar-refractivity contribution in [1.29, 1.82) is 0 Å². The van der Waals surface area contributed by atoms with Crippen LogP contribution in [-0.4, -0.2) is 32.3 Å². The second-order valence-electron chi connectivity index (χ2n) is 6.10. The summed E-state index contributed by atoms with van der Waals surface area (Å²) in [5, 5.41) is -0.0835. The van der Waals surface area contributed by atoms with Gasteiger partial charge in [0.05, 0.1) is 17.8 Å². The Morgan fingerprint density at radius 3 is 2.26 bits per heavy atom. The Morgan fingerprint density at radius 2 is 1.58 bits per heavy atom. The summed E-state index contributed by atoms with van der Waals surface area (Å²) >= 11 is 6.08. The van der Waals surface area contributed by atoms with Gasteiger partial charge in [-0.2, -0.15) is 0 Å². The highest BCUT2D eigenvalue weighted by Gasteiger charge is 2.22. The number of amides is 2. The first-order valence-corrected chi connectivity index (χ1v) is 10.6. The highest BCUT2D eigenvalue weighted by Crippen LogP contribution is 2.29. The van der Waals surface area contributed by atoms with Gasteiger partial charge >= 0.3 is 0 Å². The number of hydrogen-bond acceptors (Lipinski definition) is 6. The van der Waals surface area contributed by atoms with Crippen LogP contribution in [0.5, 0.6) is 5.75 Å². The van der Waals surface area contributed by atoms with E-state index in [9.17, 15) is 18.0 Å². The van der Waals surface area contributed by atoms with E-state index in [2.05, 4.69) is 20.6 Å². The maximum Gasteiger partial charge on any atom is 0.269 e. The van der Waals surface area contributed by atoms with Crippen LogP contribution in [0.3, 0.4) is 0 Å². The molecule has 1 aromatic heterocycles. The number of pyridine rings is 1. The second-order valence-corrected chi connectivity index (χ2v) is 8.15. The molecule has 11 heteroatoms. The molecule has 31 heavy (non-hydrogen) atoms. The Morgan fingerprint density at radius 1 is 0.935 bits per heavy atom. The topological polar surface area (TPSA) is 126 Å². The van der Waals surface area contributed by atoms with Crippen LogP contribution in [0.2, 0.25) is 5.02 Å². The standard InChI is InChI=1S/C20H17ClN4O5S/c1-30-17-5-3-2-4-16(17)25-31(28,29)18-12-14(6-7-15(18)21)20(27)24-23-19(26)13-8-10-22-11-9-13/h2-12,25H,1H3,(H,23,26)(H,24,27). The molecule has 0 saturated carbocycles. The number of carbonyl (C=O) groups is 2. The molecule has 0 aliphatic rings. The first kappa shape index (κ1) is 22.1. The average molecular weight is 461 g/mol. The van der Waals surface area contributed by atoms with Gasteiger partial charge in [-0.25, -0.2) is 8.42 Å². The van der Waals surface area contributed by atoms with Crippen LogP contribution in [-0.2, 0) is 10.0 Å². The number of sulfonamides is 1. The monoisotopic (exact) mass is 460 g/mol. The molecule has 0 aliphatic carbocycles. The van der Waals surface area contributed by atoms with Crippen LogP contribution in [0.25, 0.3) is 0 Å². The molecule has 0 saturated heterocycles. The molecule has 3 aromatic rings. The van der Waals surface area contributed by atoms with Crippen LogP contribution in [0, 0.1) is 0 Å². The highest BCUT2D eigenvalue weighted by atomic mass is 35.5. The van der Waals surface area contributed by atoms with Crippen LogP contribution in [0.15, 0.2) is 71.9 Å². The van der Waals surface area contributed by atoms with E-state index in [0.717, 1.165) is 6.07 Å². The Hall–Kier alpha value is -3.63. The zero-order chi connectivity index (χ0) is 22.4. The third kappa shape index (κ3) is 5.30. The van der Waals surface area contributed by atoms with Gasteiger partial charge in [0.2, 0.25) is 0 Å². The van der Waals surface area contributed by atoms with Crippen LogP contribution in [0.1, 0.15) is 20.7 Å². The van der Waals surface area contributed by atoms with E-state index in [4.69, 9.17) is 16.3 Å². The number of methoxy groups -OCH3 is 1. The molecule has 0 atom stereocenters. The highest BCUT2D eigenvalue weighted by molar-refractivity contribution is 7.92. The lowest BCUT2D eigenvalue weighted by Crippen LogP contribution is -2.41. The quantitative estimate of drug-likeness (QED) is 0.485. The van der Waals surface area contributed by atoms with E-state index < -0.39 is 21.8 Å². The number of carbonyl (C=O) groups excluding carboxylic acids is 2. The van der Waals surface area contributed by atoms with Gasteiger partial charge in [0, 0.05) is 23.5 Å². The van der Waals surface area contributed by atoms with Crippen molar-refractivity contribution >= 4 is 39.1 Å². The minimum absolute atomic E-state index is 0.0279. The number of aromatic nitrogens is 1. The number of para-hydroxylation sites is 2. The number of rotatable bonds is 6. The fourth-order valence-electron chi connectivity index (χ4n) is 2.54. The first-order chi connectivity index (χ1) is 14.8. The number of hydrazine groups is 1. The predicted octanol–water partition coefficient (Wildman–Crippen LogP) is 2.62. The van der Waals surface area contributed by atoms with Crippen molar-refractivity contribution in [3.8, 4) is 5.75 Å². The van der Waals surface area contributed by atoms with Gasteiger partial charge in [0.1, 0.15) is 10.6 Å². The minimum Gasteiger partial charge on any atom is -0.495 e. The molecule has 0 spiro atoms. The third-order valence-corrected chi connectivity index (χ3v) is 5.91. The van der Waals surface area contributed by atoms with Gasteiger partial charge in [-0.15, -0.1) is 0 Å². The van der Waals surface area contributed by atoms with E-state index in [0.29, 0.717) is 5.75 Å². The van der Waals surface area contributed by atoms with Gasteiger partial charge in [-0.05, 0) is 42.5 Å². The Labute approximate surface area is 183 Å². The molecule has 0 radical (unpaired) electrons. The number of hydrogen-bond donors (Lipinski definition) is 3. The minimum atomic E-state index is -4.14. The molecule has 9 nitrogen and oxygen atoms in total. The van der Waals surface area contributed by atoms with E-state index in [-0.39, 0.29) is 26.7 Å². The molecule has 2 aromatic carbocycles. The molecule has 0 aliphatic heterocycles. The third-order valence-electron chi connectivity index (χ3n) is 4.07. The predicted molar refractivity (Wildman–Crippen MR) is 114 cm³/mol. The van der Waals surface area contributed by atoms with Gasteiger partial charge in [0.15, 0.2) is 0 Å². The summed E-state index contributed by atoms with van der Waals surface area (Å²) < 4.78 is 33.2. The molecule has 1 heterocycles. The summed E-state index contributed by atoms with van der Waals surface area (Å²) in [5.41, 5.74) is 4.94. The number of nitrogens with one attached hydrogen (secondary N) is 3. The smallest absolute Gasteiger partial charge is 0.269 e. The second kappa shape index (κ2) is 9.45. The van der Waals surface area contributed by atoms with E-state index in [1.165, 1.54) is 49.8 Å². The van der Waals surface area contributed by atoms with Crippen molar-refractivity contribution < 1.29 is 22.7 Å². The fourth-order valence-corrected chi connectivity index (χ4v) is 4.14. The molecule has 160 valence electrons. The zero-order valence-electron chi connectivity index (χ0n) is 16.1. The molecule has 2 amide bonds. The van der Waals surface area contributed by atoms with Gasteiger partial charge in [-0.1, -0.05) is 23.7 Å². The lowest BCUT2D eigenvalue weighted by atomic mass is 10.2. The van der Waals surface area contributed by atoms with Crippen molar-refractivity contribution in [2.45, 2.75) is 4.90 Å². The number of benzene rings is 2. The molecular weight excluding hydrogens is 444 g/mol. The van der Waals surface area contributed by atoms with E-state index in [1.807, 2.05) is 0 Å². The van der Waals surface area contributed by atoms with Crippen molar-refractivity contribution in [3.63, 3.8) is 0 Å².